The van der Waals surface area contributed by atoms with Crippen molar-refractivity contribution >= 4 is 5.91 Å². The van der Waals surface area contributed by atoms with Crippen LogP contribution in [0.15, 0.2) is 55.0 Å². The number of likely N-dealkylation sites (tertiary alicyclic amines) is 1. The molecule has 5 nitrogen and oxygen atoms in total. The molecule has 0 saturated carbocycles. The molecule has 1 aliphatic heterocycles. The summed E-state index contributed by atoms with van der Waals surface area (Å²) in [6, 6.07) is 11.8. The number of hydrogen-bond acceptors (Lipinski definition) is 3. The molecule has 4 rings (SSSR count). The molecular formula is C22H24N4O. The fraction of sp³-hybridized carbons (Fsp3) is 0.318. The maximum Gasteiger partial charge on any atom is 0.253 e. The molecule has 1 aromatic carbocycles. The number of imidazole rings is 1. The molecule has 5 heteroatoms. The van der Waals surface area contributed by atoms with E-state index in [0.717, 1.165) is 54.3 Å². The molecule has 27 heavy (non-hydrogen) atoms. The predicted octanol–water partition coefficient (Wildman–Crippen LogP) is 3.72. The highest BCUT2D eigenvalue weighted by Crippen LogP contribution is 2.25. The highest BCUT2D eigenvalue weighted by molar-refractivity contribution is 5.94. The van der Waals surface area contributed by atoms with Gasteiger partial charge in [-0.15, -0.1) is 0 Å². The molecule has 2 aromatic heterocycles. The standard InChI is InChI=1S/C22H24N4O/c1-16-4-3-5-20(12-16)22(27)25-11-8-18(14-25)15-26-17(2)13-24-21(26)19-6-9-23-10-7-19/h3-7,9-10,12-13,18H,8,11,14-15H2,1-2H3. The maximum atomic E-state index is 12.8. The number of hydrogen-bond donors (Lipinski definition) is 0. The van der Waals surface area contributed by atoms with Crippen LogP contribution < -0.4 is 0 Å². The van der Waals surface area contributed by atoms with Gasteiger partial charge in [-0.2, -0.15) is 0 Å². The Hall–Kier alpha value is -2.95. The third-order valence-electron chi connectivity index (χ3n) is 5.27. The van der Waals surface area contributed by atoms with Crippen molar-refractivity contribution in [1.29, 1.82) is 0 Å². The molecule has 0 radical (unpaired) electrons. The van der Waals surface area contributed by atoms with Gasteiger partial charge in [0.15, 0.2) is 0 Å². The first kappa shape index (κ1) is 17.5. The molecule has 3 heterocycles. The van der Waals surface area contributed by atoms with Gasteiger partial charge in [0.25, 0.3) is 5.91 Å². The highest BCUT2D eigenvalue weighted by atomic mass is 16.2. The molecule has 1 unspecified atom stereocenters. The molecular weight excluding hydrogens is 336 g/mol. The average molecular weight is 360 g/mol. The van der Waals surface area contributed by atoms with Gasteiger partial charge >= 0.3 is 0 Å². The van der Waals surface area contributed by atoms with Gasteiger partial charge in [-0.3, -0.25) is 9.78 Å². The van der Waals surface area contributed by atoms with Crippen LogP contribution in [0.1, 0.15) is 28.0 Å². The lowest BCUT2D eigenvalue weighted by Crippen LogP contribution is -2.29. The summed E-state index contributed by atoms with van der Waals surface area (Å²) in [5.74, 6) is 1.54. The molecule has 0 aliphatic carbocycles. The molecule has 1 atom stereocenters. The number of carbonyl (C=O) groups is 1. The first-order valence-corrected chi connectivity index (χ1v) is 9.40. The number of rotatable bonds is 4. The van der Waals surface area contributed by atoms with E-state index in [1.165, 1.54) is 0 Å². The fourth-order valence-corrected chi connectivity index (χ4v) is 3.81. The normalized spacial score (nSPS) is 16.7. The minimum absolute atomic E-state index is 0.137. The van der Waals surface area contributed by atoms with E-state index in [2.05, 4.69) is 21.5 Å². The minimum atomic E-state index is 0.137. The average Bonchev–Trinajstić information content (AvgIpc) is 3.30. The maximum absolute atomic E-state index is 12.8. The molecule has 0 spiro atoms. The Balaban J connectivity index is 1.48. The van der Waals surface area contributed by atoms with E-state index in [0.29, 0.717) is 5.92 Å². The van der Waals surface area contributed by atoms with E-state index in [1.807, 2.05) is 54.4 Å². The topological polar surface area (TPSA) is 51.0 Å². The fourth-order valence-electron chi connectivity index (χ4n) is 3.81. The van der Waals surface area contributed by atoms with Crippen LogP contribution in [0.2, 0.25) is 0 Å². The van der Waals surface area contributed by atoms with Crippen molar-refractivity contribution in [3.05, 3.63) is 71.8 Å². The Morgan fingerprint density at radius 1 is 1.19 bits per heavy atom. The highest BCUT2D eigenvalue weighted by Gasteiger charge is 2.28. The van der Waals surface area contributed by atoms with E-state index in [4.69, 9.17) is 0 Å². The summed E-state index contributed by atoms with van der Waals surface area (Å²) in [6.45, 7) is 6.59. The number of pyridine rings is 1. The first-order valence-electron chi connectivity index (χ1n) is 9.40. The van der Waals surface area contributed by atoms with Crippen LogP contribution in [0, 0.1) is 19.8 Å². The Bertz CT molecular complexity index is 948. The van der Waals surface area contributed by atoms with Crippen molar-refractivity contribution in [2.75, 3.05) is 13.1 Å². The first-order chi connectivity index (χ1) is 13.1. The summed E-state index contributed by atoms with van der Waals surface area (Å²) in [5.41, 5.74) is 4.12. The number of benzene rings is 1. The van der Waals surface area contributed by atoms with Crippen molar-refractivity contribution in [3.8, 4) is 11.4 Å². The number of aromatic nitrogens is 3. The zero-order valence-electron chi connectivity index (χ0n) is 15.8. The van der Waals surface area contributed by atoms with Crippen molar-refractivity contribution in [2.24, 2.45) is 5.92 Å². The van der Waals surface area contributed by atoms with Gasteiger partial charge in [0.05, 0.1) is 0 Å². The largest absolute Gasteiger partial charge is 0.338 e. The molecule has 3 aromatic rings. The van der Waals surface area contributed by atoms with E-state index < -0.39 is 0 Å². The molecule has 1 aliphatic rings. The Morgan fingerprint density at radius 3 is 2.78 bits per heavy atom. The van der Waals surface area contributed by atoms with Gasteiger partial charge in [-0.05, 0) is 50.5 Å². The molecule has 0 bridgehead atoms. The lowest BCUT2D eigenvalue weighted by atomic mass is 10.1. The van der Waals surface area contributed by atoms with E-state index in [-0.39, 0.29) is 5.91 Å². The second kappa shape index (κ2) is 7.35. The van der Waals surface area contributed by atoms with Crippen LogP contribution in [-0.2, 0) is 6.54 Å². The summed E-state index contributed by atoms with van der Waals surface area (Å²) in [7, 11) is 0. The smallest absolute Gasteiger partial charge is 0.253 e. The molecule has 0 N–H and O–H groups in total. The zero-order chi connectivity index (χ0) is 18.8. The zero-order valence-corrected chi connectivity index (χ0v) is 15.8. The quantitative estimate of drug-likeness (QED) is 0.712. The molecule has 1 fully saturated rings. The number of aryl methyl sites for hydroxylation is 2. The number of carbonyl (C=O) groups excluding carboxylic acids is 1. The Labute approximate surface area is 159 Å². The van der Waals surface area contributed by atoms with Gasteiger partial charge in [-0.1, -0.05) is 17.7 Å². The van der Waals surface area contributed by atoms with Gasteiger partial charge in [0.1, 0.15) is 5.82 Å². The lowest BCUT2D eigenvalue weighted by Gasteiger charge is -2.18. The van der Waals surface area contributed by atoms with Crippen LogP contribution in [0.3, 0.4) is 0 Å². The summed E-state index contributed by atoms with van der Waals surface area (Å²) in [6.07, 6.45) is 6.52. The predicted molar refractivity (Wildman–Crippen MR) is 105 cm³/mol. The Kier molecular flexibility index (Phi) is 4.75. The van der Waals surface area contributed by atoms with Gasteiger partial charge < -0.3 is 9.47 Å². The van der Waals surface area contributed by atoms with E-state index in [9.17, 15) is 4.79 Å². The third kappa shape index (κ3) is 3.63. The van der Waals surface area contributed by atoms with Crippen molar-refractivity contribution < 1.29 is 4.79 Å². The van der Waals surface area contributed by atoms with Crippen LogP contribution in [0.4, 0.5) is 0 Å². The van der Waals surface area contributed by atoms with Gasteiger partial charge in [0, 0.05) is 55.0 Å². The van der Waals surface area contributed by atoms with E-state index in [1.54, 1.807) is 12.4 Å². The van der Waals surface area contributed by atoms with Gasteiger partial charge in [-0.25, -0.2) is 4.98 Å². The van der Waals surface area contributed by atoms with Crippen molar-refractivity contribution in [3.63, 3.8) is 0 Å². The Morgan fingerprint density at radius 2 is 2.00 bits per heavy atom. The summed E-state index contributed by atoms with van der Waals surface area (Å²) < 4.78 is 2.26. The SMILES string of the molecule is Cc1cccc(C(=O)N2CCC(Cn3c(C)cnc3-c3ccncc3)C2)c1. The third-order valence-corrected chi connectivity index (χ3v) is 5.27. The second-order valence-electron chi connectivity index (χ2n) is 7.35. The van der Waals surface area contributed by atoms with Crippen molar-refractivity contribution in [1.82, 2.24) is 19.4 Å². The summed E-state index contributed by atoms with van der Waals surface area (Å²) in [4.78, 5) is 23.5. The number of amides is 1. The van der Waals surface area contributed by atoms with Crippen LogP contribution in [0.5, 0.6) is 0 Å². The van der Waals surface area contributed by atoms with E-state index >= 15 is 0 Å². The van der Waals surface area contributed by atoms with Crippen LogP contribution >= 0.6 is 0 Å². The van der Waals surface area contributed by atoms with Crippen molar-refractivity contribution in [2.45, 2.75) is 26.8 Å². The number of nitrogens with zero attached hydrogens (tertiary/aromatic N) is 4. The van der Waals surface area contributed by atoms with Crippen LogP contribution in [0.25, 0.3) is 11.4 Å². The summed E-state index contributed by atoms with van der Waals surface area (Å²) in [5, 5.41) is 0. The molecule has 138 valence electrons. The lowest BCUT2D eigenvalue weighted by molar-refractivity contribution is 0.0786. The molecule has 1 saturated heterocycles. The molecule has 1 amide bonds. The monoisotopic (exact) mass is 360 g/mol. The minimum Gasteiger partial charge on any atom is -0.338 e. The summed E-state index contributed by atoms with van der Waals surface area (Å²) >= 11 is 0. The van der Waals surface area contributed by atoms with Gasteiger partial charge in [0.2, 0.25) is 0 Å². The van der Waals surface area contributed by atoms with Crippen LogP contribution in [-0.4, -0.2) is 38.4 Å². The second-order valence-corrected chi connectivity index (χ2v) is 7.35.